The van der Waals surface area contributed by atoms with E-state index in [9.17, 15) is 8.42 Å². The van der Waals surface area contributed by atoms with E-state index < -0.39 is 10.0 Å². The molecule has 0 saturated carbocycles. The van der Waals surface area contributed by atoms with E-state index in [1.165, 1.54) is 11.4 Å². The average Bonchev–Trinajstić information content (AvgIpc) is 2.63. The maximum atomic E-state index is 13.1. The Bertz CT molecular complexity index is 827. The molecule has 1 saturated heterocycles. The maximum absolute atomic E-state index is 13.1. The molecule has 0 bridgehead atoms. The Morgan fingerprint density at radius 2 is 2.12 bits per heavy atom. The number of piperidine rings is 1. The monoisotopic (exact) mass is 363 g/mol. The highest BCUT2D eigenvalue weighted by Crippen LogP contribution is 2.30. The van der Waals surface area contributed by atoms with E-state index >= 15 is 0 Å². The fraction of sp³-hybridized carbons (Fsp3) is 0.412. The third-order valence-electron chi connectivity index (χ3n) is 4.11. The van der Waals surface area contributed by atoms with Gasteiger partial charge in [0.05, 0.1) is 13.7 Å². The van der Waals surface area contributed by atoms with Crippen molar-refractivity contribution < 1.29 is 17.9 Å². The van der Waals surface area contributed by atoms with Crippen LogP contribution in [0.1, 0.15) is 18.4 Å². The van der Waals surface area contributed by atoms with Crippen LogP contribution in [0.5, 0.6) is 11.6 Å². The van der Waals surface area contributed by atoms with E-state index in [2.05, 4.69) is 10.2 Å². The van der Waals surface area contributed by atoms with Crippen LogP contribution in [0.25, 0.3) is 0 Å². The average molecular weight is 363 g/mol. The summed E-state index contributed by atoms with van der Waals surface area (Å²) in [6.07, 6.45) is 2.80. The minimum atomic E-state index is -3.66. The molecule has 0 amide bonds. The first-order valence-electron chi connectivity index (χ1n) is 8.10. The normalized spacial score (nSPS) is 18.7. The fourth-order valence-electron chi connectivity index (χ4n) is 2.87. The van der Waals surface area contributed by atoms with Crippen molar-refractivity contribution in [2.24, 2.45) is 0 Å². The van der Waals surface area contributed by atoms with Crippen LogP contribution in [0, 0.1) is 6.92 Å². The van der Waals surface area contributed by atoms with Gasteiger partial charge in [-0.2, -0.15) is 9.40 Å². The van der Waals surface area contributed by atoms with Crippen molar-refractivity contribution in [3.63, 3.8) is 0 Å². The molecule has 1 aliphatic heterocycles. The first-order valence-corrected chi connectivity index (χ1v) is 9.54. The van der Waals surface area contributed by atoms with Gasteiger partial charge in [-0.15, -0.1) is 5.10 Å². The molecular weight excluding hydrogens is 342 g/mol. The van der Waals surface area contributed by atoms with Crippen molar-refractivity contribution in [2.75, 3.05) is 20.2 Å². The van der Waals surface area contributed by atoms with Gasteiger partial charge in [0, 0.05) is 18.8 Å². The molecule has 7 nitrogen and oxygen atoms in total. The van der Waals surface area contributed by atoms with Crippen molar-refractivity contribution in [1.82, 2.24) is 14.5 Å². The number of aromatic nitrogens is 2. The van der Waals surface area contributed by atoms with Gasteiger partial charge >= 0.3 is 0 Å². The predicted molar refractivity (Wildman–Crippen MR) is 92.2 cm³/mol. The van der Waals surface area contributed by atoms with Gasteiger partial charge in [0.25, 0.3) is 0 Å². The van der Waals surface area contributed by atoms with Crippen LogP contribution < -0.4 is 9.47 Å². The zero-order valence-electron chi connectivity index (χ0n) is 14.3. The summed E-state index contributed by atoms with van der Waals surface area (Å²) in [6.45, 7) is 2.59. The minimum absolute atomic E-state index is 0.190. The van der Waals surface area contributed by atoms with Crippen molar-refractivity contribution in [1.29, 1.82) is 0 Å². The summed E-state index contributed by atoms with van der Waals surface area (Å²) < 4.78 is 38.6. The fourth-order valence-corrected chi connectivity index (χ4v) is 4.62. The smallest absolute Gasteiger partial charge is 0.246 e. The Labute approximate surface area is 147 Å². The molecule has 1 fully saturated rings. The van der Waals surface area contributed by atoms with Crippen molar-refractivity contribution in [2.45, 2.75) is 30.8 Å². The highest BCUT2D eigenvalue weighted by Gasteiger charge is 2.33. The van der Waals surface area contributed by atoms with Crippen LogP contribution >= 0.6 is 0 Å². The lowest BCUT2D eigenvalue weighted by Crippen LogP contribution is -2.44. The highest BCUT2D eigenvalue weighted by molar-refractivity contribution is 7.89. The van der Waals surface area contributed by atoms with Crippen LogP contribution in [-0.4, -0.2) is 49.2 Å². The predicted octanol–water partition coefficient (Wildman–Crippen LogP) is 2.03. The van der Waals surface area contributed by atoms with Gasteiger partial charge in [-0.05, 0) is 43.5 Å². The summed E-state index contributed by atoms with van der Waals surface area (Å²) in [5.41, 5.74) is 0.865. The number of aryl methyl sites for hydroxylation is 1. The number of rotatable bonds is 5. The Morgan fingerprint density at radius 3 is 2.84 bits per heavy atom. The lowest BCUT2D eigenvalue weighted by molar-refractivity contribution is 0.123. The molecule has 1 unspecified atom stereocenters. The van der Waals surface area contributed by atoms with E-state index in [0.29, 0.717) is 18.2 Å². The second-order valence-corrected chi connectivity index (χ2v) is 7.87. The van der Waals surface area contributed by atoms with Crippen LogP contribution in [-0.2, 0) is 10.0 Å². The zero-order valence-corrected chi connectivity index (χ0v) is 15.1. The third kappa shape index (κ3) is 3.91. The van der Waals surface area contributed by atoms with Gasteiger partial charge in [0.2, 0.25) is 15.9 Å². The van der Waals surface area contributed by atoms with Gasteiger partial charge in [0.15, 0.2) is 0 Å². The zero-order chi connectivity index (χ0) is 17.9. The molecule has 1 atom stereocenters. The molecule has 0 N–H and O–H groups in total. The Morgan fingerprint density at radius 1 is 1.28 bits per heavy atom. The highest BCUT2D eigenvalue weighted by atomic mass is 32.2. The van der Waals surface area contributed by atoms with Crippen LogP contribution in [0.3, 0.4) is 0 Å². The summed E-state index contributed by atoms with van der Waals surface area (Å²) in [4.78, 5) is 0.190. The summed E-state index contributed by atoms with van der Waals surface area (Å²) in [5.74, 6) is 0.752. The molecule has 1 aliphatic rings. The Hall–Kier alpha value is -2.19. The van der Waals surface area contributed by atoms with Crippen molar-refractivity contribution in [3.05, 3.63) is 42.1 Å². The lowest BCUT2D eigenvalue weighted by atomic mass is 10.1. The van der Waals surface area contributed by atoms with Gasteiger partial charge < -0.3 is 9.47 Å². The number of hydrogen-bond donors (Lipinski definition) is 0. The molecule has 3 rings (SSSR count). The van der Waals surface area contributed by atoms with Crippen LogP contribution in [0.4, 0.5) is 0 Å². The number of hydrogen-bond acceptors (Lipinski definition) is 6. The summed E-state index contributed by atoms with van der Waals surface area (Å²) in [7, 11) is -2.19. The van der Waals surface area contributed by atoms with E-state index in [0.717, 1.165) is 18.4 Å². The topological polar surface area (TPSA) is 81.6 Å². The quantitative estimate of drug-likeness (QED) is 0.808. The first kappa shape index (κ1) is 17.6. The van der Waals surface area contributed by atoms with E-state index in [-0.39, 0.29) is 17.5 Å². The number of methoxy groups -OCH3 is 1. The molecule has 0 spiro atoms. The summed E-state index contributed by atoms with van der Waals surface area (Å²) in [6, 6.07) is 8.59. The Balaban J connectivity index is 1.81. The summed E-state index contributed by atoms with van der Waals surface area (Å²) >= 11 is 0. The molecule has 134 valence electrons. The number of sulfonamides is 1. The van der Waals surface area contributed by atoms with Crippen molar-refractivity contribution in [3.8, 4) is 11.6 Å². The second-order valence-electron chi connectivity index (χ2n) is 5.96. The van der Waals surface area contributed by atoms with Gasteiger partial charge in [-0.3, -0.25) is 0 Å². The Kier molecular flexibility index (Phi) is 5.19. The number of nitrogens with zero attached hydrogens (tertiary/aromatic N) is 3. The largest absolute Gasteiger partial charge is 0.495 e. The summed E-state index contributed by atoms with van der Waals surface area (Å²) in [5, 5.41) is 7.67. The molecule has 8 heteroatoms. The van der Waals surface area contributed by atoms with Crippen LogP contribution in [0.2, 0.25) is 0 Å². The molecule has 2 heterocycles. The van der Waals surface area contributed by atoms with Crippen LogP contribution in [0.15, 0.2) is 41.4 Å². The van der Waals surface area contributed by atoms with E-state index in [1.807, 2.05) is 13.0 Å². The minimum Gasteiger partial charge on any atom is -0.495 e. The molecule has 2 aromatic rings. The lowest BCUT2D eigenvalue weighted by Gasteiger charge is -2.32. The second kappa shape index (κ2) is 7.37. The molecule has 25 heavy (non-hydrogen) atoms. The SMILES string of the molecule is COc1ccc(C)cc1S(=O)(=O)N1CCCC(Oc2cccnn2)C1. The third-order valence-corrected chi connectivity index (χ3v) is 6.00. The standard InChI is InChI=1S/C17H21N3O4S/c1-13-7-8-15(23-2)16(11-13)25(21,22)20-10-4-5-14(12-20)24-17-6-3-9-18-19-17/h3,6-9,11,14H,4-5,10,12H2,1-2H3. The first-order chi connectivity index (χ1) is 12.0. The number of benzene rings is 1. The van der Waals surface area contributed by atoms with Gasteiger partial charge in [0.1, 0.15) is 16.7 Å². The molecular formula is C17H21N3O4S. The molecule has 1 aromatic heterocycles. The van der Waals surface area contributed by atoms with Gasteiger partial charge in [-0.1, -0.05) is 6.07 Å². The molecule has 0 radical (unpaired) electrons. The molecule has 1 aromatic carbocycles. The molecule has 0 aliphatic carbocycles. The number of ether oxygens (including phenoxy) is 2. The maximum Gasteiger partial charge on any atom is 0.246 e. The van der Waals surface area contributed by atoms with Gasteiger partial charge in [-0.25, -0.2) is 8.42 Å². The van der Waals surface area contributed by atoms with E-state index in [4.69, 9.17) is 9.47 Å². The van der Waals surface area contributed by atoms with E-state index in [1.54, 1.807) is 30.5 Å². The van der Waals surface area contributed by atoms with Crippen molar-refractivity contribution >= 4 is 10.0 Å².